The van der Waals surface area contributed by atoms with Crippen LogP contribution in [0.3, 0.4) is 0 Å². The van der Waals surface area contributed by atoms with Crippen molar-refractivity contribution in [1.29, 1.82) is 0 Å². The van der Waals surface area contributed by atoms with Crippen molar-refractivity contribution in [3.63, 3.8) is 0 Å². The first-order valence-electron chi connectivity index (χ1n) is 6.82. The van der Waals surface area contributed by atoms with Crippen molar-refractivity contribution in [3.8, 4) is 0 Å². The Labute approximate surface area is 127 Å². The summed E-state index contributed by atoms with van der Waals surface area (Å²) >= 11 is 0. The molecule has 1 aromatic heterocycles. The van der Waals surface area contributed by atoms with E-state index in [9.17, 15) is 9.18 Å². The number of halogens is 1. The van der Waals surface area contributed by atoms with E-state index in [-0.39, 0.29) is 5.69 Å². The van der Waals surface area contributed by atoms with Crippen LogP contribution in [0.15, 0.2) is 54.6 Å². The number of benzene rings is 2. The van der Waals surface area contributed by atoms with Crippen molar-refractivity contribution >= 4 is 28.3 Å². The highest BCUT2D eigenvalue weighted by Crippen LogP contribution is 2.23. The molecule has 0 saturated carbocycles. The fraction of sp³-hybridized carbons (Fsp3) is 0.0588. The second kappa shape index (κ2) is 5.81. The van der Waals surface area contributed by atoms with Gasteiger partial charge in [-0.3, -0.25) is 4.98 Å². The number of para-hydroxylation sites is 2. The van der Waals surface area contributed by atoms with Crippen LogP contribution in [0.5, 0.6) is 0 Å². The molecule has 0 saturated heterocycles. The van der Waals surface area contributed by atoms with E-state index in [4.69, 9.17) is 0 Å². The summed E-state index contributed by atoms with van der Waals surface area (Å²) < 4.78 is 13.6. The molecule has 110 valence electrons. The van der Waals surface area contributed by atoms with Crippen LogP contribution >= 0.6 is 0 Å². The Kier molecular flexibility index (Phi) is 3.70. The predicted molar refractivity (Wildman–Crippen MR) is 85.5 cm³/mol. The van der Waals surface area contributed by atoms with Crippen LogP contribution in [0.2, 0.25) is 0 Å². The molecule has 0 spiro atoms. The SMILES string of the molecule is Cc1cc(NC(=O)Nc2ccccc2F)c2ccccc2n1. The Hall–Kier alpha value is -2.95. The lowest BCUT2D eigenvalue weighted by Crippen LogP contribution is -2.20. The van der Waals surface area contributed by atoms with Gasteiger partial charge in [0.2, 0.25) is 0 Å². The maximum absolute atomic E-state index is 13.6. The van der Waals surface area contributed by atoms with Gasteiger partial charge in [-0.1, -0.05) is 30.3 Å². The molecular formula is C17H14FN3O. The van der Waals surface area contributed by atoms with Crippen LogP contribution in [0.4, 0.5) is 20.6 Å². The zero-order chi connectivity index (χ0) is 15.5. The number of rotatable bonds is 2. The van der Waals surface area contributed by atoms with Gasteiger partial charge in [-0.25, -0.2) is 9.18 Å². The third-order valence-corrected chi connectivity index (χ3v) is 3.21. The van der Waals surface area contributed by atoms with E-state index in [0.717, 1.165) is 16.6 Å². The number of fused-ring (bicyclic) bond motifs is 1. The molecule has 0 aliphatic carbocycles. The summed E-state index contributed by atoms with van der Waals surface area (Å²) in [6.45, 7) is 1.85. The summed E-state index contributed by atoms with van der Waals surface area (Å²) in [6.07, 6.45) is 0. The minimum absolute atomic E-state index is 0.134. The van der Waals surface area contributed by atoms with Gasteiger partial charge in [0.1, 0.15) is 5.82 Å². The third kappa shape index (κ3) is 2.88. The predicted octanol–water partition coefficient (Wildman–Crippen LogP) is 4.33. The first kappa shape index (κ1) is 14.0. The summed E-state index contributed by atoms with van der Waals surface area (Å²) in [6, 6.07) is 14.8. The fourth-order valence-electron chi connectivity index (χ4n) is 2.25. The van der Waals surface area contributed by atoms with Crippen molar-refractivity contribution in [3.05, 3.63) is 66.1 Å². The molecule has 2 aromatic carbocycles. The molecule has 0 aliphatic heterocycles. The van der Waals surface area contributed by atoms with E-state index in [2.05, 4.69) is 15.6 Å². The number of nitrogens with one attached hydrogen (secondary N) is 2. The zero-order valence-electron chi connectivity index (χ0n) is 11.9. The van der Waals surface area contributed by atoms with E-state index in [1.807, 2.05) is 31.2 Å². The normalized spacial score (nSPS) is 10.5. The quantitative estimate of drug-likeness (QED) is 0.739. The first-order chi connectivity index (χ1) is 10.6. The second-order valence-corrected chi connectivity index (χ2v) is 4.89. The van der Waals surface area contributed by atoms with Crippen molar-refractivity contribution in [2.75, 3.05) is 10.6 Å². The number of aryl methyl sites for hydroxylation is 1. The number of pyridine rings is 1. The van der Waals surface area contributed by atoms with Gasteiger partial charge in [-0.2, -0.15) is 0 Å². The minimum atomic E-state index is -0.499. The summed E-state index contributed by atoms with van der Waals surface area (Å²) in [5.74, 6) is -0.478. The molecule has 3 aromatic rings. The monoisotopic (exact) mass is 295 g/mol. The molecule has 0 atom stereocenters. The maximum Gasteiger partial charge on any atom is 0.323 e. The molecule has 5 heteroatoms. The average Bonchev–Trinajstić information content (AvgIpc) is 2.49. The van der Waals surface area contributed by atoms with E-state index >= 15 is 0 Å². The van der Waals surface area contributed by atoms with Gasteiger partial charge in [0.15, 0.2) is 0 Å². The highest BCUT2D eigenvalue weighted by Gasteiger charge is 2.09. The van der Waals surface area contributed by atoms with Crippen molar-refractivity contribution in [2.24, 2.45) is 0 Å². The van der Waals surface area contributed by atoms with Crippen LogP contribution in [-0.2, 0) is 0 Å². The van der Waals surface area contributed by atoms with Crippen LogP contribution in [0.1, 0.15) is 5.69 Å². The third-order valence-electron chi connectivity index (χ3n) is 3.21. The number of urea groups is 1. The lowest BCUT2D eigenvalue weighted by molar-refractivity contribution is 0.262. The molecule has 0 aliphatic rings. The van der Waals surface area contributed by atoms with Crippen molar-refractivity contribution in [1.82, 2.24) is 4.98 Å². The van der Waals surface area contributed by atoms with Crippen molar-refractivity contribution in [2.45, 2.75) is 6.92 Å². The topological polar surface area (TPSA) is 54.0 Å². The summed E-state index contributed by atoms with van der Waals surface area (Å²) in [7, 11) is 0. The van der Waals surface area contributed by atoms with Gasteiger partial charge in [0, 0.05) is 11.1 Å². The number of carbonyl (C=O) groups excluding carboxylic acids is 1. The second-order valence-electron chi connectivity index (χ2n) is 4.89. The molecule has 0 bridgehead atoms. The van der Waals surface area contributed by atoms with Crippen LogP contribution in [0, 0.1) is 12.7 Å². The standard InChI is InChI=1S/C17H14FN3O/c1-11-10-16(12-6-2-4-8-14(12)19-11)21-17(22)20-15-9-5-3-7-13(15)18/h2-10H,1H3,(H2,19,20,21,22). The average molecular weight is 295 g/mol. The molecule has 0 fully saturated rings. The summed E-state index contributed by atoms with van der Waals surface area (Å²) in [5, 5.41) is 6.07. The number of nitrogens with zero attached hydrogens (tertiary/aromatic N) is 1. The van der Waals surface area contributed by atoms with Crippen LogP contribution < -0.4 is 10.6 Å². The van der Waals surface area contributed by atoms with Gasteiger partial charge in [0.25, 0.3) is 0 Å². The Morgan fingerprint density at radius 3 is 2.50 bits per heavy atom. The van der Waals surface area contributed by atoms with E-state index in [1.165, 1.54) is 12.1 Å². The highest BCUT2D eigenvalue weighted by molar-refractivity contribution is 6.05. The number of anilines is 2. The molecular weight excluding hydrogens is 281 g/mol. The van der Waals surface area contributed by atoms with Gasteiger partial charge in [-0.05, 0) is 31.2 Å². The molecule has 3 rings (SSSR count). The zero-order valence-corrected chi connectivity index (χ0v) is 11.9. The van der Waals surface area contributed by atoms with Gasteiger partial charge >= 0.3 is 6.03 Å². The molecule has 2 amide bonds. The highest BCUT2D eigenvalue weighted by atomic mass is 19.1. The van der Waals surface area contributed by atoms with Gasteiger partial charge < -0.3 is 10.6 Å². The summed E-state index contributed by atoms with van der Waals surface area (Å²) in [5.41, 5.74) is 2.36. The maximum atomic E-state index is 13.6. The van der Waals surface area contributed by atoms with Crippen LogP contribution in [0.25, 0.3) is 10.9 Å². The smallest absolute Gasteiger partial charge is 0.307 e. The largest absolute Gasteiger partial charge is 0.323 e. The molecule has 2 N–H and O–H groups in total. The number of hydrogen-bond acceptors (Lipinski definition) is 2. The minimum Gasteiger partial charge on any atom is -0.307 e. The molecule has 22 heavy (non-hydrogen) atoms. The van der Waals surface area contributed by atoms with Gasteiger partial charge in [0.05, 0.1) is 16.9 Å². The lowest BCUT2D eigenvalue weighted by atomic mass is 10.1. The van der Waals surface area contributed by atoms with Crippen LogP contribution in [-0.4, -0.2) is 11.0 Å². The van der Waals surface area contributed by atoms with Crippen molar-refractivity contribution < 1.29 is 9.18 Å². The van der Waals surface area contributed by atoms with E-state index in [1.54, 1.807) is 18.2 Å². The lowest BCUT2D eigenvalue weighted by Gasteiger charge is -2.11. The van der Waals surface area contributed by atoms with Gasteiger partial charge in [-0.15, -0.1) is 0 Å². The molecule has 0 radical (unpaired) electrons. The number of carbonyl (C=O) groups is 1. The molecule has 4 nitrogen and oxygen atoms in total. The number of hydrogen-bond donors (Lipinski definition) is 2. The number of amides is 2. The Morgan fingerprint density at radius 1 is 1.00 bits per heavy atom. The first-order valence-corrected chi connectivity index (χ1v) is 6.82. The molecule has 0 unspecified atom stereocenters. The Morgan fingerprint density at radius 2 is 1.68 bits per heavy atom. The van der Waals surface area contributed by atoms with E-state index < -0.39 is 11.8 Å². The summed E-state index contributed by atoms with van der Waals surface area (Å²) in [4.78, 5) is 16.5. The molecule has 1 heterocycles. The Balaban J connectivity index is 1.87. The van der Waals surface area contributed by atoms with E-state index in [0.29, 0.717) is 5.69 Å². The Bertz CT molecular complexity index is 848. The fourth-order valence-corrected chi connectivity index (χ4v) is 2.25. The number of aromatic nitrogens is 1.